The van der Waals surface area contributed by atoms with Crippen LogP contribution >= 0.6 is 11.3 Å². The first kappa shape index (κ1) is 21.5. The van der Waals surface area contributed by atoms with Crippen molar-refractivity contribution in [2.75, 3.05) is 26.7 Å². The molecule has 1 aromatic heterocycles. The highest BCUT2D eigenvalue weighted by Gasteiger charge is 2.33. The number of likely N-dealkylation sites (tertiary alicyclic amines) is 1. The first-order valence-corrected chi connectivity index (χ1v) is 9.55. The smallest absolute Gasteiger partial charge is 0.355 e. The molecule has 0 saturated carbocycles. The van der Waals surface area contributed by atoms with Gasteiger partial charge in [-0.1, -0.05) is 0 Å². The number of likely N-dealkylation sites (N-methyl/N-ethyl adjacent to an activating group) is 1. The van der Waals surface area contributed by atoms with Crippen molar-refractivity contribution in [1.82, 2.24) is 25.7 Å². The third-order valence-corrected chi connectivity index (χ3v) is 5.13. The largest absolute Gasteiger partial charge is 0.397 e. The number of nitrogens with zero attached hydrogens (tertiary/aromatic N) is 3. The first-order chi connectivity index (χ1) is 12.6. The summed E-state index contributed by atoms with van der Waals surface area (Å²) in [6.07, 6.45) is -4.43. The molecule has 0 aliphatic carbocycles. The molecule has 1 aliphatic heterocycles. The molecule has 1 aromatic rings. The Balaban J connectivity index is 1.78. The van der Waals surface area contributed by atoms with E-state index in [0.29, 0.717) is 38.9 Å². The lowest BCUT2D eigenvalue weighted by molar-refractivity contribution is -0.154. The lowest BCUT2D eigenvalue weighted by Gasteiger charge is -2.22. The summed E-state index contributed by atoms with van der Waals surface area (Å²) in [5.41, 5.74) is 0. The monoisotopic (exact) mass is 407 g/mol. The second-order valence-corrected chi connectivity index (χ2v) is 8.07. The summed E-state index contributed by atoms with van der Waals surface area (Å²) in [7, 11) is 1.79. The predicted molar refractivity (Wildman–Crippen MR) is 94.2 cm³/mol. The molecular weight excluding hydrogens is 383 g/mol. The van der Waals surface area contributed by atoms with Crippen molar-refractivity contribution in [2.45, 2.75) is 44.8 Å². The van der Waals surface area contributed by atoms with E-state index in [9.17, 15) is 22.8 Å². The van der Waals surface area contributed by atoms with Crippen molar-refractivity contribution in [2.24, 2.45) is 5.92 Å². The fourth-order valence-electron chi connectivity index (χ4n) is 3.08. The molecular formula is C16H24F3N5O2S. The molecule has 1 saturated heterocycles. The second kappa shape index (κ2) is 9.45. The van der Waals surface area contributed by atoms with Crippen LogP contribution in [0.4, 0.5) is 13.2 Å². The van der Waals surface area contributed by atoms with Crippen LogP contribution in [0, 0.1) is 12.8 Å². The van der Waals surface area contributed by atoms with Crippen molar-refractivity contribution >= 4 is 23.2 Å². The standard InChI is InChI=1S/C16H24F3N5O2S/c1-10-22-23-14(27-10)5-6-20-15(26)11-3-4-12(9-24(2)8-11)21-13(25)7-16(17,18)19/h11-12H,3-9H2,1-2H3,(H,20,26)(H,21,25)/t11-,12+/m1/s1. The third kappa shape index (κ3) is 7.79. The minimum absolute atomic E-state index is 0.0923. The van der Waals surface area contributed by atoms with Crippen molar-refractivity contribution < 1.29 is 22.8 Å². The Hall–Kier alpha value is -1.75. The first-order valence-electron chi connectivity index (χ1n) is 8.73. The van der Waals surface area contributed by atoms with Crippen LogP contribution in [0.3, 0.4) is 0 Å². The van der Waals surface area contributed by atoms with Crippen LogP contribution in [0.5, 0.6) is 0 Å². The van der Waals surface area contributed by atoms with Crippen LogP contribution in [0.2, 0.25) is 0 Å². The molecule has 2 amide bonds. The maximum Gasteiger partial charge on any atom is 0.397 e. The van der Waals surface area contributed by atoms with E-state index in [1.54, 1.807) is 7.05 Å². The molecule has 2 N–H and O–H groups in total. The molecule has 2 heterocycles. The summed E-state index contributed by atoms with van der Waals surface area (Å²) in [6, 6.07) is -0.396. The van der Waals surface area contributed by atoms with Crippen LogP contribution in [0.1, 0.15) is 29.3 Å². The van der Waals surface area contributed by atoms with E-state index in [-0.39, 0.29) is 11.8 Å². The summed E-state index contributed by atoms with van der Waals surface area (Å²) in [5.74, 6) is -1.39. The van der Waals surface area contributed by atoms with Crippen molar-refractivity contribution in [3.05, 3.63) is 10.0 Å². The molecule has 2 atom stereocenters. The zero-order chi connectivity index (χ0) is 20.0. The number of carbonyl (C=O) groups is 2. The van der Waals surface area contributed by atoms with E-state index in [1.807, 2.05) is 11.8 Å². The fraction of sp³-hybridized carbons (Fsp3) is 0.750. The average Bonchev–Trinajstić information content (AvgIpc) is 2.84. The minimum Gasteiger partial charge on any atom is -0.355 e. The highest BCUT2D eigenvalue weighted by atomic mass is 32.1. The number of nitrogens with one attached hydrogen (secondary N) is 2. The van der Waals surface area contributed by atoms with E-state index in [4.69, 9.17) is 0 Å². The van der Waals surface area contributed by atoms with Gasteiger partial charge in [0.25, 0.3) is 0 Å². The highest BCUT2D eigenvalue weighted by Crippen LogP contribution is 2.20. The number of rotatable bonds is 6. The van der Waals surface area contributed by atoms with Gasteiger partial charge in [0.2, 0.25) is 11.8 Å². The third-order valence-electron chi connectivity index (χ3n) is 4.23. The van der Waals surface area contributed by atoms with Crippen LogP contribution in [-0.4, -0.2) is 65.8 Å². The number of aryl methyl sites for hydroxylation is 1. The van der Waals surface area contributed by atoms with Crippen LogP contribution in [-0.2, 0) is 16.0 Å². The second-order valence-electron chi connectivity index (χ2n) is 6.81. The Labute approximate surface area is 159 Å². The molecule has 0 spiro atoms. The molecule has 0 bridgehead atoms. The van der Waals surface area contributed by atoms with E-state index in [1.165, 1.54) is 11.3 Å². The van der Waals surface area contributed by atoms with Gasteiger partial charge in [-0.15, -0.1) is 21.5 Å². The van der Waals surface area contributed by atoms with Gasteiger partial charge in [-0.05, 0) is 26.8 Å². The minimum atomic E-state index is -4.52. The Bertz CT molecular complexity index is 652. The van der Waals surface area contributed by atoms with Crippen molar-refractivity contribution in [1.29, 1.82) is 0 Å². The summed E-state index contributed by atoms with van der Waals surface area (Å²) >= 11 is 1.49. The molecule has 7 nitrogen and oxygen atoms in total. The van der Waals surface area contributed by atoms with Gasteiger partial charge in [-0.2, -0.15) is 13.2 Å². The van der Waals surface area contributed by atoms with Gasteiger partial charge >= 0.3 is 6.18 Å². The number of hydrogen-bond acceptors (Lipinski definition) is 6. The summed E-state index contributed by atoms with van der Waals surface area (Å²) in [6.45, 7) is 3.23. The van der Waals surface area contributed by atoms with Gasteiger partial charge in [-0.25, -0.2) is 0 Å². The molecule has 0 unspecified atom stereocenters. The SMILES string of the molecule is Cc1nnc(CCNC(=O)[C@@H]2CC[C@H](NC(=O)CC(F)(F)F)CN(C)C2)s1. The van der Waals surface area contributed by atoms with Crippen LogP contribution in [0.25, 0.3) is 0 Å². The normalized spacial score (nSPS) is 21.5. The number of halogens is 3. The maximum absolute atomic E-state index is 12.4. The number of alkyl halides is 3. The van der Waals surface area contributed by atoms with Gasteiger partial charge in [-0.3, -0.25) is 9.59 Å². The van der Waals surface area contributed by atoms with E-state index in [0.717, 1.165) is 10.0 Å². The number of aromatic nitrogens is 2. The van der Waals surface area contributed by atoms with Crippen LogP contribution in [0.15, 0.2) is 0 Å². The van der Waals surface area contributed by atoms with Crippen LogP contribution < -0.4 is 10.6 Å². The molecule has 1 aliphatic rings. The molecule has 27 heavy (non-hydrogen) atoms. The zero-order valence-electron chi connectivity index (χ0n) is 15.3. The Morgan fingerprint density at radius 3 is 2.63 bits per heavy atom. The predicted octanol–water partition coefficient (Wildman–Crippen LogP) is 1.28. The average molecular weight is 407 g/mol. The molecule has 0 aromatic carbocycles. The number of hydrogen-bond donors (Lipinski definition) is 2. The molecule has 1 fully saturated rings. The summed E-state index contributed by atoms with van der Waals surface area (Å²) in [4.78, 5) is 25.8. The van der Waals surface area contributed by atoms with E-state index in [2.05, 4.69) is 20.8 Å². The highest BCUT2D eigenvalue weighted by molar-refractivity contribution is 7.11. The van der Waals surface area contributed by atoms with E-state index >= 15 is 0 Å². The molecule has 11 heteroatoms. The summed E-state index contributed by atoms with van der Waals surface area (Å²) in [5, 5.41) is 15.0. The lowest BCUT2D eigenvalue weighted by atomic mass is 10.0. The summed E-state index contributed by atoms with van der Waals surface area (Å²) < 4.78 is 36.9. The topological polar surface area (TPSA) is 87.2 Å². The molecule has 0 radical (unpaired) electrons. The Morgan fingerprint density at radius 1 is 1.26 bits per heavy atom. The van der Waals surface area contributed by atoms with Crippen molar-refractivity contribution in [3.63, 3.8) is 0 Å². The zero-order valence-corrected chi connectivity index (χ0v) is 16.1. The molecule has 152 valence electrons. The Morgan fingerprint density at radius 2 is 2.00 bits per heavy atom. The number of carbonyl (C=O) groups excluding carboxylic acids is 2. The maximum atomic E-state index is 12.4. The van der Waals surface area contributed by atoms with Gasteiger partial charge in [0, 0.05) is 32.1 Å². The fourth-order valence-corrected chi connectivity index (χ4v) is 3.79. The van der Waals surface area contributed by atoms with Gasteiger partial charge < -0.3 is 15.5 Å². The van der Waals surface area contributed by atoms with Gasteiger partial charge in [0.1, 0.15) is 16.4 Å². The quantitative estimate of drug-likeness (QED) is 0.742. The van der Waals surface area contributed by atoms with Gasteiger partial charge in [0.15, 0.2) is 0 Å². The lowest BCUT2D eigenvalue weighted by Crippen LogP contribution is -2.43. The van der Waals surface area contributed by atoms with Gasteiger partial charge in [0.05, 0.1) is 5.92 Å². The number of amides is 2. The Kier molecular flexibility index (Phi) is 7.54. The van der Waals surface area contributed by atoms with E-state index < -0.39 is 24.5 Å². The van der Waals surface area contributed by atoms with Crippen molar-refractivity contribution in [3.8, 4) is 0 Å². The molecule has 2 rings (SSSR count).